The molecule has 2 rings (SSSR count). The van der Waals surface area contributed by atoms with Crippen molar-refractivity contribution < 1.29 is 16.8 Å². The van der Waals surface area contributed by atoms with Crippen LogP contribution in [0.4, 0.5) is 0 Å². The summed E-state index contributed by atoms with van der Waals surface area (Å²) in [7, 11) is -7.98. The minimum absolute atomic E-state index is 0. The lowest BCUT2D eigenvalue weighted by atomic mass is 10.2. The summed E-state index contributed by atoms with van der Waals surface area (Å²) < 4.78 is 46.5. The lowest BCUT2D eigenvalue weighted by Gasteiger charge is -2.28. The van der Waals surface area contributed by atoms with Gasteiger partial charge in [-0.3, -0.25) is 0 Å². The van der Waals surface area contributed by atoms with E-state index in [0.717, 1.165) is 6.07 Å². The van der Waals surface area contributed by atoms with E-state index < -0.39 is 24.9 Å². The predicted molar refractivity (Wildman–Crippen MR) is 75.0 cm³/mol. The van der Waals surface area contributed by atoms with Gasteiger partial charge in [-0.25, -0.2) is 27.0 Å². The number of hydrogen-bond donors (Lipinski definition) is 3. The molecule has 12 heteroatoms. The van der Waals surface area contributed by atoms with E-state index in [1.807, 2.05) is 0 Å². The Hall–Kier alpha value is -0.460. The zero-order valence-electron chi connectivity index (χ0n) is 9.91. The van der Waals surface area contributed by atoms with Gasteiger partial charge < -0.3 is 5.73 Å². The standard InChI is InChI=1S/C8H11ClN4O4S2.ClH/c9-6-1-5-3-13(4-10)12-19(16,17)7(5)2-8(6)18(11,14)15;/h1-2,12H,3-4,10H2,(H2,11,14,15);1H. The molecular weight excluding hydrogens is 351 g/mol. The molecule has 8 nitrogen and oxygen atoms in total. The zero-order chi connectivity index (χ0) is 14.4. The van der Waals surface area contributed by atoms with Crippen LogP contribution in [-0.4, -0.2) is 28.5 Å². The second kappa shape index (κ2) is 5.73. The Bertz CT molecular complexity index is 735. The molecule has 0 bridgehead atoms. The average molecular weight is 363 g/mol. The van der Waals surface area contributed by atoms with Gasteiger partial charge in [0, 0.05) is 6.54 Å². The largest absolute Gasteiger partial charge is 0.317 e. The van der Waals surface area contributed by atoms with Gasteiger partial charge in [-0.15, -0.1) is 17.2 Å². The third-order valence-electron chi connectivity index (χ3n) is 2.54. The van der Waals surface area contributed by atoms with Gasteiger partial charge >= 0.3 is 0 Å². The van der Waals surface area contributed by atoms with E-state index in [9.17, 15) is 16.8 Å². The normalized spacial score (nSPS) is 18.1. The summed E-state index contributed by atoms with van der Waals surface area (Å²) in [5.74, 6) is 0. The molecule has 1 aliphatic heterocycles. The van der Waals surface area contributed by atoms with Crippen LogP contribution in [0.2, 0.25) is 5.02 Å². The quantitative estimate of drug-likeness (QED) is 0.638. The Kier molecular flexibility index (Phi) is 5.04. The number of hydrazine groups is 1. The van der Waals surface area contributed by atoms with E-state index >= 15 is 0 Å². The highest BCUT2D eigenvalue weighted by molar-refractivity contribution is 7.90. The van der Waals surface area contributed by atoms with E-state index in [-0.39, 0.29) is 35.5 Å². The third-order valence-corrected chi connectivity index (χ3v) is 5.38. The first-order chi connectivity index (χ1) is 8.65. The molecule has 0 amide bonds. The number of halogens is 2. The first kappa shape index (κ1) is 17.6. The van der Waals surface area contributed by atoms with Gasteiger partial charge in [0.15, 0.2) is 0 Å². The molecule has 0 unspecified atom stereocenters. The van der Waals surface area contributed by atoms with Crippen molar-refractivity contribution in [3.8, 4) is 0 Å². The molecule has 1 heterocycles. The second-order valence-electron chi connectivity index (χ2n) is 3.91. The third kappa shape index (κ3) is 3.23. The van der Waals surface area contributed by atoms with Crippen molar-refractivity contribution in [2.75, 3.05) is 6.67 Å². The van der Waals surface area contributed by atoms with Crippen LogP contribution in [-0.2, 0) is 26.6 Å². The minimum Gasteiger partial charge on any atom is -0.317 e. The van der Waals surface area contributed by atoms with Crippen LogP contribution < -0.4 is 15.7 Å². The molecular formula is C8H12Cl2N4O4S2. The Balaban J connectivity index is 0.00000200. The Morgan fingerprint density at radius 2 is 2.00 bits per heavy atom. The molecule has 1 aromatic carbocycles. The van der Waals surface area contributed by atoms with E-state index in [0.29, 0.717) is 5.56 Å². The topological polar surface area (TPSA) is 136 Å². The van der Waals surface area contributed by atoms with Gasteiger partial charge in [-0.2, -0.15) is 0 Å². The summed E-state index contributed by atoms with van der Waals surface area (Å²) in [6.45, 7) is 0.142. The number of nitrogens with two attached hydrogens (primary N) is 2. The van der Waals surface area contributed by atoms with Crippen molar-refractivity contribution in [2.24, 2.45) is 10.9 Å². The van der Waals surface area contributed by atoms with E-state index in [1.165, 1.54) is 11.1 Å². The van der Waals surface area contributed by atoms with Crippen molar-refractivity contribution in [1.29, 1.82) is 0 Å². The van der Waals surface area contributed by atoms with Crippen molar-refractivity contribution in [2.45, 2.75) is 16.3 Å². The molecule has 0 radical (unpaired) electrons. The predicted octanol–water partition coefficient (Wildman–Crippen LogP) is -0.666. The van der Waals surface area contributed by atoms with Crippen LogP contribution in [0.1, 0.15) is 5.56 Å². The average Bonchev–Trinajstić information content (AvgIpc) is 2.25. The van der Waals surface area contributed by atoms with Gasteiger partial charge in [-0.05, 0) is 17.7 Å². The Morgan fingerprint density at radius 1 is 1.40 bits per heavy atom. The summed E-state index contributed by atoms with van der Waals surface area (Å²) in [5, 5.41) is 6.10. The molecule has 0 fully saturated rings. The first-order valence-corrected chi connectivity index (χ1v) is 8.38. The molecule has 1 aliphatic rings. The number of nitrogens with one attached hydrogen (secondary N) is 1. The lowest BCUT2D eigenvalue weighted by Crippen LogP contribution is -2.48. The van der Waals surface area contributed by atoms with Crippen LogP contribution >= 0.6 is 24.0 Å². The number of nitrogens with zero attached hydrogens (tertiary/aromatic N) is 1. The fraction of sp³-hybridized carbons (Fsp3) is 0.250. The van der Waals surface area contributed by atoms with Crippen molar-refractivity contribution in [1.82, 2.24) is 9.84 Å². The maximum atomic E-state index is 11.9. The van der Waals surface area contributed by atoms with Gasteiger partial charge in [0.05, 0.1) is 16.6 Å². The SMILES string of the molecule is Cl.NCN1Cc2cc(Cl)c(S(N)(=O)=O)cc2S(=O)(=O)N1. The molecule has 0 saturated carbocycles. The van der Waals surface area contributed by atoms with Gasteiger partial charge in [-0.1, -0.05) is 11.6 Å². The lowest BCUT2D eigenvalue weighted by molar-refractivity contribution is 0.228. The van der Waals surface area contributed by atoms with Gasteiger partial charge in [0.1, 0.15) is 4.90 Å². The van der Waals surface area contributed by atoms with Crippen LogP contribution in [0.3, 0.4) is 0 Å². The molecule has 0 aromatic heterocycles. The first-order valence-electron chi connectivity index (χ1n) is 4.98. The summed E-state index contributed by atoms with van der Waals surface area (Å²) >= 11 is 5.81. The monoisotopic (exact) mass is 362 g/mol. The smallest absolute Gasteiger partial charge is 0.253 e. The highest BCUT2D eigenvalue weighted by atomic mass is 35.5. The fourth-order valence-corrected chi connectivity index (χ4v) is 4.24. The summed E-state index contributed by atoms with van der Waals surface area (Å²) in [6, 6.07) is 2.21. The van der Waals surface area contributed by atoms with E-state index in [4.69, 9.17) is 22.5 Å². The summed E-state index contributed by atoms with van der Waals surface area (Å²) in [4.78, 5) is 1.59. The summed E-state index contributed by atoms with van der Waals surface area (Å²) in [5.41, 5.74) is 5.72. The van der Waals surface area contributed by atoms with E-state index in [2.05, 4.69) is 4.83 Å². The van der Waals surface area contributed by atoms with Crippen LogP contribution in [0, 0.1) is 0 Å². The maximum Gasteiger partial charge on any atom is 0.253 e. The summed E-state index contributed by atoms with van der Waals surface area (Å²) in [6.07, 6.45) is 0. The van der Waals surface area contributed by atoms with Crippen LogP contribution in [0.25, 0.3) is 0 Å². The van der Waals surface area contributed by atoms with Gasteiger partial charge in [0.2, 0.25) is 10.0 Å². The number of primary sulfonamides is 1. The van der Waals surface area contributed by atoms with Crippen molar-refractivity contribution >= 4 is 44.1 Å². The molecule has 0 atom stereocenters. The zero-order valence-corrected chi connectivity index (χ0v) is 13.1. The van der Waals surface area contributed by atoms with Crippen molar-refractivity contribution in [3.63, 3.8) is 0 Å². The van der Waals surface area contributed by atoms with Crippen LogP contribution in [0.15, 0.2) is 21.9 Å². The van der Waals surface area contributed by atoms with Crippen LogP contribution in [0.5, 0.6) is 0 Å². The number of fused-ring (bicyclic) bond motifs is 1. The fourth-order valence-electron chi connectivity index (χ4n) is 1.73. The Labute approximate surface area is 127 Å². The Morgan fingerprint density at radius 3 is 2.50 bits per heavy atom. The molecule has 1 aromatic rings. The highest BCUT2D eigenvalue weighted by Crippen LogP contribution is 2.30. The number of sulfonamides is 2. The molecule has 5 N–H and O–H groups in total. The molecule has 20 heavy (non-hydrogen) atoms. The molecule has 114 valence electrons. The maximum absolute atomic E-state index is 11.9. The van der Waals surface area contributed by atoms with Crippen molar-refractivity contribution in [3.05, 3.63) is 22.7 Å². The van der Waals surface area contributed by atoms with E-state index in [1.54, 1.807) is 0 Å². The minimum atomic E-state index is -4.10. The number of benzene rings is 1. The second-order valence-corrected chi connectivity index (χ2v) is 7.48. The van der Waals surface area contributed by atoms with Gasteiger partial charge in [0.25, 0.3) is 10.0 Å². The molecule has 0 saturated heterocycles. The number of rotatable bonds is 2. The molecule has 0 aliphatic carbocycles. The number of hydrogen-bond acceptors (Lipinski definition) is 6. The molecule has 0 spiro atoms. The highest BCUT2D eigenvalue weighted by Gasteiger charge is 2.30.